The maximum Gasteiger partial charge on any atom is 0.338 e. The summed E-state index contributed by atoms with van der Waals surface area (Å²) in [6, 6.07) is 9.06. The van der Waals surface area contributed by atoms with Gasteiger partial charge in [0.05, 0.1) is 23.3 Å². The number of unbranched alkanes of at least 4 members (excludes halogenated alkanes) is 1. The summed E-state index contributed by atoms with van der Waals surface area (Å²) in [6.45, 7) is 5.23. The number of ether oxygens (including phenoxy) is 3. The largest absolute Gasteiger partial charge is 0.458 e. The summed E-state index contributed by atoms with van der Waals surface area (Å²) in [5.74, 6) is 5.68. The minimum Gasteiger partial charge on any atom is -0.458 e. The average molecular weight is 529 g/mol. The summed E-state index contributed by atoms with van der Waals surface area (Å²) < 4.78 is 18.5. The molecule has 0 amide bonds. The van der Waals surface area contributed by atoms with Crippen LogP contribution in [0.25, 0.3) is 0 Å². The van der Waals surface area contributed by atoms with Gasteiger partial charge >= 0.3 is 5.97 Å². The molecule has 1 aromatic rings. The van der Waals surface area contributed by atoms with Crippen LogP contribution in [0.4, 0.5) is 0 Å². The van der Waals surface area contributed by atoms with Crippen LogP contribution in [-0.2, 0) is 19.0 Å². The smallest absolute Gasteiger partial charge is 0.338 e. The van der Waals surface area contributed by atoms with Crippen LogP contribution in [-0.4, -0.2) is 36.9 Å². The standard InChI is InChI=1S/C28H33BrO5/c1-3-4-5-7-10-19(2)26(30)24(29)16-22-23-18-28(32-13-14-33-28)17-21(23)15-25(22)34-27(31)20-11-8-6-9-12-20/h6,8-9,11-12,16,19,21-23,25H,3-4,10,13-15,17-18H2,1-2H3/t19?,21-,22+,23+,25-/m1/s1. The number of esters is 1. The van der Waals surface area contributed by atoms with Gasteiger partial charge in [-0.1, -0.05) is 38.1 Å². The molecule has 1 unspecified atom stereocenters. The van der Waals surface area contributed by atoms with Crippen molar-refractivity contribution in [1.82, 2.24) is 0 Å². The molecule has 1 heterocycles. The van der Waals surface area contributed by atoms with Gasteiger partial charge in [0.1, 0.15) is 6.10 Å². The van der Waals surface area contributed by atoms with E-state index < -0.39 is 5.79 Å². The molecule has 0 aromatic heterocycles. The molecular formula is C28H33BrO5. The molecule has 1 aliphatic heterocycles. The fourth-order valence-corrected chi connectivity index (χ4v) is 6.18. The second-order valence-electron chi connectivity index (χ2n) is 9.65. The van der Waals surface area contributed by atoms with Crippen molar-refractivity contribution in [3.63, 3.8) is 0 Å². The number of ketones is 1. The summed E-state index contributed by atoms with van der Waals surface area (Å²) in [6.07, 6.45) is 6.38. The number of Topliss-reactive ketones (excluding diaryl/α,β-unsaturated/α-hetero) is 1. The molecule has 1 spiro atoms. The Balaban J connectivity index is 1.51. The second kappa shape index (κ2) is 11.2. The van der Waals surface area contributed by atoms with E-state index in [1.54, 1.807) is 12.1 Å². The minimum atomic E-state index is -0.519. The first-order chi connectivity index (χ1) is 16.4. The van der Waals surface area contributed by atoms with Crippen molar-refractivity contribution >= 4 is 27.7 Å². The maximum atomic E-state index is 13.0. The van der Waals surface area contributed by atoms with Crippen LogP contribution in [0.1, 0.15) is 62.7 Å². The Labute approximate surface area is 210 Å². The molecule has 5 nitrogen and oxygen atoms in total. The molecule has 182 valence electrons. The predicted octanol–water partition coefficient (Wildman–Crippen LogP) is 5.68. The number of fused-ring (bicyclic) bond motifs is 1. The van der Waals surface area contributed by atoms with Crippen molar-refractivity contribution in [2.45, 2.75) is 64.3 Å². The van der Waals surface area contributed by atoms with Crippen LogP contribution < -0.4 is 0 Å². The molecule has 6 heteroatoms. The number of halogens is 1. The lowest BCUT2D eigenvalue weighted by Gasteiger charge is -2.27. The SMILES string of the molecule is CCCC#CCC(C)C(=O)C(Br)=C[C@H]1[C@H]2CC3(C[C@H]2C[C@H]1OC(=O)c1ccccc1)OCCO3. The van der Waals surface area contributed by atoms with E-state index in [0.717, 1.165) is 32.1 Å². The zero-order valence-electron chi connectivity index (χ0n) is 19.9. The monoisotopic (exact) mass is 528 g/mol. The lowest BCUT2D eigenvalue weighted by Crippen LogP contribution is -2.31. The number of hydrogen-bond acceptors (Lipinski definition) is 5. The Morgan fingerprint density at radius 1 is 1.21 bits per heavy atom. The Hall–Kier alpha value is -1.94. The lowest BCUT2D eigenvalue weighted by molar-refractivity contribution is -0.157. The van der Waals surface area contributed by atoms with Crippen molar-refractivity contribution in [2.75, 3.05) is 13.2 Å². The summed E-state index contributed by atoms with van der Waals surface area (Å²) in [5, 5.41) is 0. The highest BCUT2D eigenvalue weighted by Crippen LogP contribution is 2.55. The molecule has 0 N–H and O–H groups in total. The van der Waals surface area contributed by atoms with E-state index in [9.17, 15) is 9.59 Å². The summed E-state index contributed by atoms with van der Waals surface area (Å²) in [7, 11) is 0. The zero-order chi connectivity index (χ0) is 24.1. The van der Waals surface area contributed by atoms with E-state index in [1.165, 1.54) is 0 Å². The molecule has 1 aromatic carbocycles. The van der Waals surface area contributed by atoms with E-state index in [-0.39, 0.29) is 35.6 Å². The van der Waals surface area contributed by atoms with Gasteiger partial charge in [-0.25, -0.2) is 4.79 Å². The number of carbonyl (C=O) groups is 2. The van der Waals surface area contributed by atoms with Gasteiger partial charge < -0.3 is 14.2 Å². The normalized spacial score (nSPS) is 28.3. The summed E-state index contributed by atoms with van der Waals surface area (Å²) >= 11 is 3.55. The quantitative estimate of drug-likeness (QED) is 0.259. The highest BCUT2D eigenvalue weighted by Gasteiger charge is 2.57. The Morgan fingerprint density at radius 3 is 2.65 bits per heavy atom. The molecule has 3 fully saturated rings. The van der Waals surface area contributed by atoms with Crippen LogP contribution in [0.3, 0.4) is 0 Å². The minimum absolute atomic E-state index is 0.0310. The lowest BCUT2D eigenvalue weighted by atomic mass is 9.89. The van der Waals surface area contributed by atoms with E-state index in [2.05, 4.69) is 34.7 Å². The predicted molar refractivity (Wildman–Crippen MR) is 133 cm³/mol. The van der Waals surface area contributed by atoms with Crippen molar-refractivity contribution in [3.8, 4) is 11.8 Å². The van der Waals surface area contributed by atoms with Gasteiger partial charge in [-0.15, -0.1) is 11.8 Å². The van der Waals surface area contributed by atoms with Crippen molar-refractivity contribution < 1.29 is 23.8 Å². The molecule has 3 aliphatic rings. The van der Waals surface area contributed by atoms with Crippen LogP contribution in [0, 0.1) is 35.5 Å². The van der Waals surface area contributed by atoms with Crippen LogP contribution in [0.2, 0.25) is 0 Å². The van der Waals surface area contributed by atoms with E-state index in [0.29, 0.717) is 35.6 Å². The number of carbonyl (C=O) groups excluding carboxylic acids is 2. The fourth-order valence-electron chi connectivity index (χ4n) is 5.49. The highest BCUT2D eigenvalue weighted by atomic mass is 79.9. The van der Waals surface area contributed by atoms with Gasteiger partial charge in [-0.2, -0.15) is 0 Å². The molecule has 2 aliphatic carbocycles. The number of benzene rings is 1. The van der Waals surface area contributed by atoms with Crippen LogP contribution in [0.5, 0.6) is 0 Å². The van der Waals surface area contributed by atoms with Gasteiger partial charge in [0.25, 0.3) is 0 Å². The first-order valence-electron chi connectivity index (χ1n) is 12.3. The molecule has 4 rings (SSSR count). The number of hydrogen-bond donors (Lipinski definition) is 0. The molecule has 34 heavy (non-hydrogen) atoms. The second-order valence-corrected chi connectivity index (χ2v) is 10.5. The van der Waals surface area contributed by atoms with Crippen LogP contribution >= 0.6 is 15.9 Å². The Bertz CT molecular complexity index is 970. The Morgan fingerprint density at radius 2 is 1.94 bits per heavy atom. The third kappa shape index (κ3) is 5.64. The van der Waals surface area contributed by atoms with Gasteiger partial charge in [0, 0.05) is 37.5 Å². The number of rotatable bonds is 7. The van der Waals surface area contributed by atoms with Crippen molar-refractivity contribution in [3.05, 3.63) is 46.5 Å². The van der Waals surface area contributed by atoms with E-state index >= 15 is 0 Å². The first kappa shape index (κ1) is 25.2. The molecule has 0 bridgehead atoms. The average Bonchev–Trinajstić information content (AvgIpc) is 3.53. The van der Waals surface area contributed by atoms with Gasteiger partial charge in [-0.3, -0.25) is 4.79 Å². The fraction of sp³-hybridized carbons (Fsp3) is 0.571. The van der Waals surface area contributed by atoms with Crippen LogP contribution in [0.15, 0.2) is 40.9 Å². The molecule has 5 atom stereocenters. The van der Waals surface area contributed by atoms with Gasteiger partial charge in [0.2, 0.25) is 0 Å². The molecule has 2 saturated carbocycles. The third-order valence-corrected chi connectivity index (χ3v) is 7.85. The van der Waals surface area contributed by atoms with E-state index in [4.69, 9.17) is 14.2 Å². The third-order valence-electron chi connectivity index (χ3n) is 7.20. The molecule has 0 radical (unpaired) electrons. The topological polar surface area (TPSA) is 61.8 Å². The van der Waals surface area contributed by atoms with E-state index in [1.807, 2.05) is 31.2 Å². The van der Waals surface area contributed by atoms with Gasteiger partial charge in [0.15, 0.2) is 11.6 Å². The van der Waals surface area contributed by atoms with Crippen molar-refractivity contribution in [2.24, 2.45) is 23.7 Å². The number of allylic oxidation sites excluding steroid dienone is 1. The Kier molecular flexibility index (Phi) is 8.29. The summed E-state index contributed by atoms with van der Waals surface area (Å²) in [4.78, 5) is 25.9. The summed E-state index contributed by atoms with van der Waals surface area (Å²) in [5.41, 5.74) is 0.538. The molecule has 1 saturated heterocycles. The molecular weight excluding hydrogens is 496 g/mol. The maximum absolute atomic E-state index is 13.0. The van der Waals surface area contributed by atoms with Crippen molar-refractivity contribution in [1.29, 1.82) is 0 Å². The highest BCUT2D eigenvalue weighted by molar-refractivity contribution is 9.12. The van der Waals surface area contributed by atoms with Gasteiger partial charge in [-0.05, 0) is 52.7 Å². The zero-order valence-corrected chi connectivity index (χ0v) is 21.5. The first-order valence-corrected chi connectivity index (χ1v) is 13.1.